The van der Waals surface area contributed by atoms with Gasteiger partial charge in [0.2, 0.25) is 0 Å². The van der Waals surface area contributed by atoms with Crippen molar-refractivity contribution in [3.05, 3.63) is 47.5 Å². The number of halogens is 1. The van der Waals surface area contributed by atoms with Crippen LogP contribution in [0.1, 0.15) is 11.3 Å². The van der Waals surface area contributed by atoms with E-state index >= 15 is 0 Å². The summed E-state index contributed by atoms with van der Waals surface area (Å²) >= 11 is 0. The summed E-state index contributed by atoms with van der Waals surface area (Å²) in [5, 5.41) is 6.65. The molecule has 0 saturated heterocycles. The van der Waals surface area contributed by atoms with Gasteiger partial charge in [-0.1, -0.05) is 6.07 Å². The van der Waals surface area contributed by atoms with Crippen molar-refractivity contribution >= 4 is 5.69 Å². The summed E-state index contributed by atoms with van der Waals surface area (Å²) in [6, 6.07) is 6.28. The molecular weight excluding hydrogens is 181 g/mol. The summed E-state index contributed by atoms with van der Waals surface area (Å²) in [6.45, 7) is 0. The van der Waals surface area contributed by atoms with E-state index in [1.807, 2.05) is 6.07 Å². The number of anilines is 1. The number of hydrogen-bond donors (Lipinski definition) is 2. The number of H-pyrrole nitrogens is 1. The Balaban J connectivity index is 2.25. The molecule has 0 amide bonds. The lowest BCUT2D eigenvalue weighted by atomic mass is 10.1. The number of benzene rings is 1. The molecule has 0 unspecified atom stereocenters. The maximum atomic E-state index is 12.7. The number of nitrogen functional groups attached to an aromatic ring is 1. The lowest BCUT2D eigenvalue weighted by Gasteiger charge is -2.03. The van der Waals surface area contributed by atoms with Gasteiger partial charge in [0.15, 0.2) is 0 Å². The van der Waals surface area contributed by atoms with Crippen LogP contribution in [0.15, 0.2) is 30.5 Å². The van der Waals surface area contributed by atoms with Crippen molar-refractivity contribution < 1.29 is 4.39 Å². The summed E-state index contributed by atoms with van der Waals surface area (Å²) < 4.78 is 12.7. The van der Waals surface area contributed by atoms with Gasteiger partial charge in [-0.2, -0.15) is 5.10 Å². The van der Waals surface area contributed by atoms with Crippen LogP contribution in [0.5, 0.6) is 0 Å². The quantitative estimate of drug-likeness (QED) is 0.710. The fourth-order valence-corrected chi connectivity index (χ4v) is 1.32. The van der Waals surface area contributed by atoms with Crippen LogP contribution in [-0.4, -0.2) is 10.2 Å². The van der Waals surface area contributed by atoms with Crippen LogP contribution in [0.4, 0.5) is 10.1 Å². The van der Waals surface area contributed by atoms with E-state index < -0.39 is 0 Å². The number of aromatic nitrogens is 2. The molecule has 0 bridgehead atoms. The SMILES string of the molecule is Nc1cc(F)ccc1Cc1ccn[nH]1. The van der Waals surface area contributed by atoms with Gasteiger partial charge in [-0.3, -0.25) is 5.10 Å². The highest BCUT2D eigenvalue weighted by Gasteiger charge is 2.02. The Morgan fingerprint density at radius 3 is 2.86 bits per heavy atom. The molecule has 3 nitrogen and oxygen atoms in total. The summed E-state index contributed by atoms with van der Waals surface area (Å²) in [6.07, 6.45) is 2.32. The summed E-state index contributed by atoms with van der Waals surface area (Å²) in [4.78, 5) is 0. The second kappa shape index (κ2) is 3.49. The molecule has 4 heteroatoms. The molecule has 0 atom stereocenters. The number of aromatic amines is 1. The first-order chi connectivity index (χ1) is 6.75. The van der Waals surface area contributed by atoms with E-state index in [0.717, 1.165) is 11.3 Å². The first kappa shape index (κ1) is 8.74. The zero-order chi connectivity index (χ0) is 9.97. The fourth-order valence-electron chi connectivity index (χ4n) is 1.32. The Morgan fingerprint density at radius 1 is 1.36 bits per heavy atom. The summed E-state index contributed by atoms with van der Waals surface area (Å²) in [5.74, 6) is -0.309. The highest BCUT2D eigenvalue weighted by atomic mass is 19.1. The van der Waals surface area contributed by atoms with Gasteiger partial charge >= 0.3 is 0 Å². The standard InChI is InChI=1S/C10H10FN3/c11-8-2-1-7(10(12)6-8)5-9-3-4-13-14-9/h1-4,6H,5,12H2,(H,13,14). The minimum atomic E-state index is -0.309. The van der Waals surface area contributed by atoms with Crippen molar-refractivity contribution in [1.82, 2.24) is 10.2 Å². The molecule has 0 aliphatic carbocycles. The van der Waals surface area contributed by atoms with Gasteiger partial charge in [-0.05, 0) is 23.8 Å². The van der Waals surface area contributed by atoms with E-state index in [0.29, 0.717) is 12.1 Å². The molecule has 1 heterocycles. The third kappa shape index (κ3) is 1.74. The predicted molar refractivity (Wildman–Crippen MR) is 52.2 cm³/mol. The highest BCUT2D eigenvalue weighted by Crippen LogP contribution is 2.16. The Hall–Kier alpha value is -1.84. The first-order valence-electron chi connectivity index (χ1n) is 4.28. The van der Waals surface area contributed by atoms with Gasteiger partial charge in [0.05, 0.1) is 0 Å². The Labute approximate surface area is 80.8 Å². The van der Waals surface area contributed by atoms with Crippen molar-refractivity contribution in [3.63, 3.8) is 0 Å². The topological polar surface area (TPSA) is 54.7 Å². The van der Waals surface area contributed by atoms with Gasteiger partial charge in [0.25, 0.3) is 0 Å². The molecule has 0 aliphatic heterocycles. The van der Waals surface area contributed by atoms with E-state index in [4.69, 9.17) is 5.73 Å². The van der Waals surface area contributed by atoms with Crippen LogP contribution in [0.2, 0.25) is 0 Å². The van der Waals surface area contributed by atoms with Gasteiger partial charge in [-0.25, -0.2) is 4.39 Å². The monoisotopic (exact) mass is 191 g/mol. The predicted octanol–water partition coefficient (Wildman–Crippen LogP) is 1.72. The molecule has 0 radical (unpaired) electrons. The van der Waals surface area contributed by atoms with E-state index in [1.165, 1.54) is 12.1 Å². The van der Waals surface area contributed by atoms with Crippen LogP contribution < -0.4 is 5.73 Å². The minimum Gasteiger partial charge on any atom is -0.398 e. The zero-order valence-electron chi connectivity index (χ0n) is 7.50. The minimum absolute atomic E-state index is 0.309. The van der Waals surface area contributed by atoms with Crippen LogP contribution in [0.25, 0.3) is 0 Å². The molecule has 0 spiro atoms. The fraction of sp³-hybridized carbons (Fsp3) is 0.100. The molecule has 14 heavy (non-hydrogen) atoms. The number of nitrogens with zero attached hydrogens (tertiary/aromatic N) is 1. The maximum absolute atomic E-state index is 12.7. The molecule has 72 valence electrons. The molecule has 2 aromatic rings. The van der Waals surface area contributed by atoms with Gasteiger partial charge in [-0.15, -0.1) is 0 Å². The first-order valence-corrected chi connectivity index (χ1v) is 4.28. The second-order valence-corrected chi connectivity index (χ2v) is 3.10. The van der Waals surface area contributed by atoms with Crippen molar-refractivity contribution in [2.24, 2.45) is 0 Å². The van der Waals surface area contributed by atoms with Crippen molar-refractivity contribution in [3.8, 4) is 0 Å². The Kier molecular flexibility index (Phi) is 2.18. The third-order valence-corrected chi connectivity index (χ3v) is 2.05. The zero-order valence-corrected chi connectivity index (χ0v) is 7.50. The van der Waals surface area contributed by atoms with Crippen LogP contribution in [0, 0.1) is 5.82 Å². The van der Waals surface area contributed by atoms with Gasteiger partial charge < -0.3 is 5.73 Å². The van der Waals surface area contributed by atoms with Crippen molar-refractivity contribution in [1.29, 1.82) is 0 Å². The maximum Gasteiger partial charge on any atom is 0.125 e. The normalized spacial score (nSPS) is 10.4. The van der Waals surface area contributed by atoms with Crippen LogP contribution in [-0.2, 0) is 6.42 Å². The van der Waals surface area contributed by atoms with Crippen LogP contribution in [0.3, 0.4) is 0 Å². The Morgan fingerprint density at radius 2 is 2.21 bits per heavy atom. The number of hydrogen-bond acceptors (Lipinski definition) is 2. The molecule has 1 aromatic carbocycles. The number of nitrogens with two attached hydrogens (primary N) is 1. The number of rotatable bonds is 2. The van der Waals surface area contributed by atoms with E-state index in [9.17, 15) is 4.39 Å². The van der Waals surface area contributed by atoms with E-state index in [1.54, 1.807) is 12.3 Å². The lowest BCUT2D eigenvalue weighted by Crippen LogP contribution is -1.96. The molecular formula is C10H10FN3. The highest BCUT2D eigenvalue weighted by molar-refractivity contribution is 5.48. The lowest BCUT2D eigenvalue weighted by molar-refractivity contribution is 0.628. The average Bonchev–Trinajstić information content (AvgIpc) is 2.62. The molecule has 1 aromatic heterocycles. The average molecular weight is 191 g/mol. The molecule has 0 aliphatic rings. The van der Waals surface area contributed by atoms with Crippen molar-refractivity contribution in [2.45, 2.75) is 6.42 Å². The van der Waals surface area contributed by atoms with Gasteiger partial charge in [0, 0.05) is 24.0 Å². The number of nitrogens with one attached hydrogen (secondary N) is 1. The molecule has 2 rings (SSSR count). The molecule has 3 N–H and O–H groups in total. The molecule has 0 fully saturated rings. The molecule has 0 saturated carbocycles. The van der Waals surface area contributed by atoms with E-state index in [2.05, 4.69) is 10.2 Å². The van der Waals surface area contributed by atoms with Crippen LogP contribution >= 0.6 is 0 Å². The Bertz CT molecular complexity index is 423. The van der Waals surface area contributed by atoms with Gasteiger partial charge in [0.1, 0.15) is 5.82 Å². The van der Waals surface area contributed by atoms with Crippen molar-refractivity contribution in [2.75, 3.05) is 5.73 Å². The largest absolute Gasteiger partial charge is 0.398 e. The second-order valence-electron chi connectivity index (χ2n) is 3.10. The van der Waals surface area contributed by atoms with E-state index in [-0.39, 0.29) is 5.82 Å². The smallest absolute Gasteiger partial charge is 0.125 e. The third-order valence-electron chi connectivity index (χ3n) is 2.05. The summed E-state index contributed by atoms with van der Waals surface area (Å²) in [5.41, 5.74) is 8.00. The summed E-state index contributed by atoms with van der Waals surface area (Å²) in [7, 11) is 0.